The van der Waals surface area contributed by atoms with E-state index >= 15 is 0 Å². The molecule has 2 rings (SSSR count). The van der Waals surface area contributed by atoms with Crippen LogP contribution in [0.4, 0.5) is 11.4 Å². The standard InChI is InChI=1S/C20H27N3O2.ClH/c1-3-23(17-7-5-4-6-8-17)18-11-9-16(10-12-18)15-22-20(24)13-19(14-21)25-2;/h4-12,19H,3,13-15,21H2,1-2H3,(H,22,24);1H. The molecule has 5 nitrogen and oxygen atoms in total. The summed E-state index contributed by atoms with van der Waals surface area (Å²) in [5.41, 5.74) is 8.89. The molecule has 0 aliphatic carbocycles. The van der Waals surface area contributed by atoms with E-state index in [1.807, 2.05) is 30.3 Å². The summed E-state index contributed by atoms with van der Waals surface area (Å²) < 4.78 is 5.13. The first kappa shape index (κ1) is 22.0. The summed E-state index contributed by atoms with van der Waals surface area (Å²) in [5, 5.41) is 2.90. The molecular formula is C20H28ClN3O2. The number of carbonyl (C=O) groups excluding carboxylic acids is 1. The Morgan fingerprint density at radius 3 is 2.27 bits per heavy atom. The highest BCUT2D eigenvalue weighted by atomic mass is 35.5. The highest BCUT2D eigenvalue weighted by Gasteiger charge is 2.11. The third-order valence-electron chi connectivity index (χ3n) is 4.13. The molecule has 0 saturated carbocycles. The van der Waals surface area contributed by atoms with E-state index in [1.165, 1.54) is 5.69 Å². The van der Waals surface area contributed by atoms with Gasteiger partial charge in [-0.05, 0) is 36.8 Å². The highest BCUT2D eigenvalue weighted by molar-refractivity contribution is 5.85. The Bertz CT molecular complexity index is 646. The van der Waals surface area contributed by atoms with E-state index in [1.54, 1.807) is 7.11 Å². The van der Waals surface area contributed by atoms with Gasteiger partial charge in [-0.1, -0.05) is 30.3 Å². The first-order valence-corrected chi connectivity index (χ1v) is 8.59. The van der Waals surface area contributed by atoms with Crippen molar-refractivity contribution in [2.75, 3.05) is 25.1 Å². The molecule has 3 N–H and O–H groups in total. The Morgan fingerprint density at radius 1 is 1.12 bits per heavy atom. The average Bonchev–Trinajstić information content (AvgIpc) is 2.67. The maximum absolute atomic E-state index is 11.9. The smallest absolute Gasteiger partial charge is 0.222 e. The minimum Gasteiger partial charge on any atom is -0.380 e. The number of anilines is 2. The van der Waals surface area contributed by atoms with Crippen molar-refractivity contribution in [3.05, 3.63) is 60.2 Å². The van der Waals surface area contributed by atoms with Crippen LogP contribution in [-0.4, -0.2) is 32.2 Å². The number of amides is 1. The summed E-state index contributed by atoms with van der Waals surface area (Å²) in [7, 11) is 1.57. The number of para-hydroxylation sites is 1. The lowest BCUT2D eigenvalue weighted by Gasteiger charge is -2.23. The molecule has 2 aromatic carbocycles. The molecular weight excluding hydrogens is 350 g/mol. The van der Waals surface area contributed by atoms with Crippen molar-refractivity contribution in [3.63, 3.8) is 0 Å². The van der Waals surface area contributed by atoms with Gasteiger partial charge in [-0.3, -0.25) is 4.79 Å². The highest BCUT2D eigenvalue weighted by Crippen LogP contribution is 2.24. The van der Waals surface area contributed by atoms with Gasteiger partial charge in [0.1, 0.15) is 0 Å². The fourth-order valence-corrected chi connectivity index (χ4v) is 2.66. The van der Waals surface area contributed by atoms with Crippen molar-refractivity contribution < 1.29 is 9.53 Å². The van der Waals surface area contributed by atoms with Crippen LogP contribution < -0.4 is 16.0 Å². The zero-order valence-corrected chi connectivity index (χ0v) is 16.2. The van der Waals surface area contributed by atoms with Gasteiger partial charge in [0.2, 0.25) is 5.91 Å². The summed E-state index contributed by atoms with van der Waals surface area (Å²) in [6.07, 6.45) is 0.0502. The molecule has 142 valence electrons. The van der Waals surface area contributed by atoms with E-state index in [0.29, 0.717) is 13.1 Å². The second-order valence-electron chi connectivity index (χ2n) is 5.82. The van der Waals surface area contributed by atoms with Crippen LogP contribution in [0, 0.1) is 0 Å². The second-order valence-corrected chi connectivity index (χ2v) is 5.82. The summed E-state index contributed by atoms with van der Waals surface area (Å²) in [4.78, 5) is 14.1. The van der Waals surface area contributed by atoms with Crippen molar-refractivity contribution in [2.45, 2.75) is 26.0 Å². The van der Waals surface area contributed by atoms with Gasteiger partial charge in [0.05, 0.1) is 12.5 Å². The Hall–Kier alpha value is -2.08. The zero-order valence-electron chi connectivity index (χ0n) is 15.4. The van der Waals surface area contributed by atoms with Gasteiger partial charge in [0, 0.05) is 38.1 Å². The van der Waals surface area contributed by atoms with E-state index in [2.05, 4.69) is 41.4 Å². The number of nitrogens with one attached hydrogen (secondary N) is 1. The molecule has 0 radical (unpaired) electrons. The van der Waals surface area contributed by atoms with E-state index in [9.17, 15) is 4.79 Å². The monoisotopic (exact) mass is 377 g/mol. The zero-order chi connectivity index (χ0) is 18.1. The largest absolute Gasteiger partial charge is 0.380 e. The van der Waals surface area contributed by atoms with Crippen LogP contribution in [0.5, 0.6) is 0 Å². The van der Waals surface area contributed by atoms with Gasteiger partial charge < -0.3 is 20.7 Å². The number of benzene rings is 2. The maximum atomic E-state index is 11.9. The molecule has 0 aliphatic heterocycles. The molecule has 0 aromatic heterocycles. The van der Waals surface area contributed by atoms with Gasteiger partial charge in [0.15, 0.2) is 0 Å². The maximum Gasteiger partial charge on any atom is 0.222 e. The fourth-order valence-electron chi connectivity index (χ4n) is 2.66. The molecule has 0 saturated heterocycles. The Labute approximate surface area is 161 Å². The molecule has 1 atom stereocenters. The van der Waals surface area contributed by atoms with Crippen molar-refractivity contribution in [1.29, 1.82) is 0 Å². The van der Waals surface area contributed by atoms with Crippen LogP contribution >= 0.6 is 12.4 Å². The van der Waals surface area contributed by atoms with Gasteiger partial charge in [-0.25, -0.2) is 0 Å². The number of hydrogen-bond acceptors (Lipinski definition) is 4. The number of ether oxygens (including phenoxy) is 1. The van der Waals surface area contributed by atoms with E-state index in [-0.39, 0.29) is 30.8 Å². The number of nitrogens with two attached hydrogens (primary N) is 1. The number of halogens is 1. The first-order valence-electron chi connectivity index (χ1n) is 8.59. The van der Waals surface area contributed by atoms with Crippen LogP contribution in [-0.2, 0) is 16.1 Å². The lowest BCUT2D eigenvalue weighted by Crippen LogP contribution is -2.31. The van der Waals surface area contributed by atoms with Crippen LogP contribution in [0.2, 0.25) is 0 Å². The number of hydrogen-bond donors (Lipinski definition) is 2. The summed E-state index contributed by atoms with van der Waals surface area (Å²) in [5.74, 6) is -0.0548. The summed E-state index contributed by atoms with van der Waals surface area (Å²) in [6, 6.07) is 18.5. The molecule has 6 heteroatoms. The Kier molecular flexibility index (Phi) is 9.73. The SMILES string of the molecule is CCN(c1ccccc1)c1ccc(CNC(=O)CC(CN)OC)cc1.Cl. The van der Waals surface area contributed by atoms with Gasteiger partial charge in [-0.2, -0.15) is 0 Å². The number of carbonyl (C=O) groups is 1. The Balaban J connectivity index is 0.00000338. The normalized spacial score (nSPS) is 11.3. The predicted molar refractivity (Wildman–Crippen MR) is 109 cm³/mol. The Morgan fingerprint density at radius 2 is 1.73 bits per heavy atom. The fraction of sp³-hybridized carbons (Fsp3) is 0.350. The van der Waals surface area contributed by atoms with Crippen molar-refractivity contribution in [1.82, 2.24) is 5.32 Å². The first-order chi connectivity index (χ1) is 12.2. The van der Waals surface area contributed by atoms with Crippen molar-refractivity contribution in [3.8, 4) is 0 Å². The van der Waals surface area contributed by atoms with Crippen LogP contribution in [0.15, 0.2) is 54.6 Å². The molecule has 0 fully saturated rings. The molecule has 0 heterocycles. The van der Waals surface area contributed by atoms with E-state index in [4.69, 9.17) is 10.5 Å². The quantitative estimate of drug-likeness (QED) is 0.704. The van der Waals surface area contributed by atoms with Crippen LogP contribution in [0.25, 0.3) is 0 Å². The lowest BCUT2D eigenvalue weighted by atomic mass is 10.1. The predicted octanol–water partition coefficient (Wildman–Crippen LogP) is 3.25. The second kappa shape index (κ2) is 11.5. The molecule has 0 spiro atoms. The van der Waals surface area contributed by atoms with Gasteiger partial charge >= 0.3 is 0 Å². The molecule has 1 unspecified atom stereocenters. The molecule has 2 aromatic rings. The number of methoxy groups -OCH3 is 1. The topological polar surface area (TPSA) is 67.6 Å². The molecule has 26 heavy (non-hydrogen) atoms. The van der Waals surface area contributed by atoms with Crippen LogP contribution in [0.3, 0.4) is 0 Å². The molecule has 0 bridgehead atoms. The van der Waals surface area contributed by atoms with Crippen LogP contribution in [0.1, 0.15) is 18.9 Å². The summed E-state index contributed by atoms with van der Waals surface area (Å²) >= 11 is 0. The summed E-state index contributed by atoms with van der Waals surface area (Å²) in [6.45, 7) is 3.85. The van der Waals surface area contributed by atoms with Gasteiger partial charge in [0.25, 0.3) is 0 Å². The lowest BCUT2D eigenvalue weighted by molar-refractivity contribution is -0.123. The van der Waals surface area contributed by atoms with Crippen molar-refractivity contribution in [2.24, 2.45) is 5.73 Å². The van der Waals surface area contributed by atoms with E-state index in [0.717, 1.165) is 17.8 Å². The van der Waals surface area contributed by atoms with E-state index < -0.39 is 0 Å². The van der Waals surface area contributed by atoms with Gasteiger partial charge in [-0.15, -0.1) is 12.4 Å². The number of nitrogens with zero attached hydrogens (tertiary/aromatic N) is 1. The third kappa shape index (κ3) is 6.33. The molecule has 1 amide bonds. The average molecular weight is 378 g/mol. The molecule has 0 aliphatic rings. The third-order valence-corrected chi connectivity index (χ3v) is 4.13. The number of rotatable bonds is 9. The van der Waals surface area contributed by atoms with Crippen molar-refractivity contribution >= 4 is 29.7 Å². The minimum atomic E-state index is -0.230. The minimum absolute atomic E-state index is 0.